The van der Waals surface area contributed by atoms with Gasteiger partial charge in [-0.25, -0.2) is 0 Å². The third-order valence-corrected chi connectivity index (χ3v) is 2.58. The van der Waals surface area contributed by atoms with Gasteiger partial charge in [-0.15, -0.1) is 11.6 Å². The number of halogens is 1. The van der Waals surface area contributed by atoms with Crippen molar-refractivity contribution >= 4 is 17.6 Å². The van der Waals surface area contributed by atoms with E-state index in [1.54, 1.807) is 0 Å². The van der Waals surface area contributed by atoms with Gasteiger partial charge in [0, 0.05) is 12.8 Å². The van der Waals surface area contributed by atoms with E-state index in [0.29, 0.717) is 6.61 Å². The van der Waals surface area contributed by atoms with Crippen LogP contribution in [0.1, 0.15) is 25.3 Å². The van der Waals surface area contributed by atoms with E-state index in [-0.39, 0.29) is 17.8 Å². The van der Waals surface area contributed by atoms with Crippen molar-refractivity contribution in [2.45, 2.75) is 26.1 Å². The molecule has 4 heteroatoms. The number of benzene rings is 1. The largest absolute Gasteiger partial charge is 0.435 e. The fourth-order valence-electron chi connectivity index (χ4n) is 1.42. The molecule has 3 nitrogen and oxygen atoms in total. The molecule has 2 atom stereocenters. The van der Waals surface area contributed by atoms with Gasteiger partial charge in [0.15, 0.2) is 0 Å². The molecule has 1 aromatic carbocycles. The molecule has 2 unspecified atom stereocenters. The van der Waals surface area contributed by atoms with Gasteiger partial charge in [0.25, 0.3) is 0 Å². The van der Waals surface area contributed by atoms with Gasteiger partial charge in [-0.3, -0.25) is 4.79 Å². The lowest BCUT2D eigenvalue weighted by Gasteiger charge is -2.18. The predicted molar refractivity (Wildman–Crippen MR) is 67.1 cm³/mol. The topological polar surface area (TPSA) is 35.5 Å². The maximum atomic E-state index is 10.8. The molecule has 0 saturated heterocycles. The normalized spacial score (nSPS) is 14.1. The quantitative estimate of drug-likeness (QED) is 0.446. The van der Waals surface area contributed by atoms with Gasteiger partial charge in [-0.05, 0) is 5.56 Å². The Balaban J connectivity index is 2.41. The van der Waals surface area contributed by atoms with Gasteiger partial charge in [0.2, 0.25) is 6.29 Å². The molecule has 94 valence electrons. The van der Waals surface area contributed by atoms with E-state index in [1.807, 2.05) is 37.3 Å². The first-order valence-corrected chi connectivity index (χ1v) is 6.06. The Bertz CT molecular complexity index is 340. The summed E-state index contributed by atoms with van der Waals surface area (Å²) in [5.74, 6) is -0.0124. The molecule has 0 spiro atoms. The average Bonchev–Trinajstić information content (AvgIpc) is 2.34. The van der Waals surface area contributed by atoms with Gasteiger partial charge in [0.05, 0.1) is 12.5 Å². The number of alkyl halides is 1. The highest BCUT2D eigenvalue weighted by molar-refractivity contribution is 6.18. The molecule has 0 saturated carbocycles. The second-order valence-electron chi connectivity index (χ2n) is 3.84. The van der Waals surface area contributed by atoms with Crippen LogP contribution in [0.25, 0.3) is 0 Å². The SMILES string of the molecule is CC(=O)OC(CCl)OCC(C)c1ccccc1. The molecule has 0 bridgehead atoms. The van der Waals surface area contributed by atoms with Crippen molar-refractivity contribution in [3.8, 4) is 0 Å². The van der Waals surface area contributed by atoms with Crippen LogP contribution >= 0.6 is 11.6 Å². The van der Waals surface area contributed by atoms with Crippen LogP contribution in [-0.4, -0.2) is 24.7 Å². The maximum Gasteiger partial charge on any atom is 0.304 e. The molecule has 0 aliphatic carbocycles. The monoisotopic (exact) mass is 256 g/mol. The van der Waals surface area contributed by atoms with E-state index >= 15 is 0 Å². The Hall–Kier alpha value is -1.06. The summed E-state index contributed by atoms with van der Waals surface area (Å²) in [4.78, 5) is 10.8. The molecule has 0 amide bonds. The van der Waals surface area contributed by atoms with E-state index < -0.39 is 6.29 Å². The number of carbonyl (C=O) groups is 1. The lowest BCUT2D eigenvalue weighted by molar-refractivity contribution is -0.172. The number of esters is 1. The Morgan fingerprint density at radius 1 is 1.35 bits per heavy atom. The van der Waals surface area contributed by atoms with Gasteiger partial charge < -0.3 is 9.47 Å². The minimum atomic E-state index is -0.666. The molecule has 0 aromatic heterocycles. The summed E-state index contributed by atoms with van der Waals surface area (Å²) in [7, 11) is 0. The highest BCUT2D eigenvalue weighted by Crippen LogP contribution is 2.15. The lowest BCUT2D eigenvalue weighted by atomic mass is 10.0. The predicted octanol–water partition coefficient (Wildman–Crippen LogP) is 2.93. The van der Waals surface area contributed by atoms with Crippen LogP contribution in [-0.2, 0) is 14.3 Å². The zero-order valence-corrected chi connectivity index (χ0v) is 10.8. The average molecular weight is 257 g/mol. The van der Waals surface area contributed by atoms with Crippen molar-refractivity contribution in [3.63, 3.8) is 0 Å². The van der Waals surface area contributed by atoms with Crippen LogP contribution in [0, 0.1) is 0 Å². The van der Waals surface area contributed by atoms with Crippen LogP contribution in [0.5, 0.6) is 0 Å². The van der Waals surface area contributed by atoms with E-state index in [1.165, 1.54) is 12.5 Å². The molecule has 1 rings (SSSR count). The molecule has 0 fully saturated rings. The molecule has 17 heavy (non-hydrogen) atoms. The molecule has 1 aromatic rings. The molecule has 0 aliphatic heterocycles. The first kappa shape index (κ1) is 14.0. The van der Waals surface area contributed by atoms with Crippen molar-refractivity contribution in [2.75, 3.05) is 12.5 Å². The molecule has 0 N–H and O–H groups in total. The summed E-state index contributed by atoms with van der Waals surface area (Å²) in [6.45, 7) is 3.85. The molecular weight excluding hydrogens is 240 g/mol. The third-order valence-electron chi connectivity index (χ3n) is 2.32. The summed E-state index contributed by atoms with van der Waals surface area (Å²) in [6, 6.07) is 10.0. The standard InChI is InChI=1S/C13H17ClO3/c1-10(12-6-4-3-5-7-12)9-16-13(8-14)17-11(2)15/h3-7,10,13H,8-9H2,1-2H3. The maximum absolute atomic E-state index is 10.8. The highest BCUT2D eigenvalue weighted by atomic mass is 35.5. The van der Waals surface area contributed by atoms with E-state index in [4.69, 9.17) is 21.1 Å². The fourth-order valence-corrected chi connectivity index (χ4v) is 1.58. The first-order valence-electron chi connectivity index (χ1n) is 5.53. The second kappa shape index (κ2) is 7.30. The van der Waals surface area contributed by atoms with Gasteiger partial charge in [-0.1, -0.05) is 37.3 Å². The number of hydrogen-bond donors (Lipinski definition) is 0. The van der Waals surface area contributed by atoms with Crippen LogP contribution in [0.3, 0.4) is 0 Å². The fraction of sp³-hybridized carbons (Fsp3) is 0.462. The summed E-state index contributed by atoms with van der Waals surface area (Å²) in [5, 5.41) is 0. The highest BCUT2D eigenvalue weighted by Gasteiger charge is 2.13. The van der Waals surface area contributed by atoms with E-state index in [9.17, 15) is 4.79 Å². The van der Waals surface area contributed by atoms with Gasteiger partial charge in [-0.2, -0.15) is 0 Å². The molecular formula is C13H17ClO3. The van der Waals surface area contributed by atoms with Crippen molar-refractivity contribution in [3.05, 3.63) is 35.9 Å². The Morgan fingerprint density at radius 3 is 2.53 bits per heavy atom. The lowest BCUT2D eigenvalue weighted by Crippen LogP contribution is -2.23. The van der Waals surface area contributed by atoms with Crippen LogP contribution in [0.15, 0.2) is 30.3 Å². The van der Waals surface area contributed by atoms with Gasteiger partial charge >= 0.3 is 5.97 Å². The van der Waals surface area contributed by atoms with Gasteiger partial charge in [0.1, 0.15) is 0 Å². The smallest absolute Gasteiger partial charge is 0.304 e. The second-order valence-corrected chi connectivity index (χ2v) is 4.15. The molecule has 0 heterocycles. The summed E-state index contributed by atoms with van der Waals surface area (Å²) >= 11 is 5.64. The minimum absolute atomic E-state index is 0.140. The Kier molecular flexibility index (Phi) is 6.01. The Labute approximate surface area is 107 Å². The number of ether oxygens (including phenoxy) is 2. The zero-order valence-electron chi connectivity index (χ0n) is 10.1. The van der Waals surface area contributed by atoms with E-state index in [0.717, 1.165) is 0 Å². The molecule has 0 radical (unpaired) electrons. The van der Waals surface area contributed by atoms with Crippen molar-refractivity contribution in [2.24, 2.45) is 0 Å². The van der Waals surface area contributed by atoms with Crippen LogP contribution < -0.4 is 0 Å². The minimum Gasteiger partial charge on any atom is -0.435 e. The Morgan fingerprint density at radius 2 is 2.00 bits per heavy atom. The zero-order chi connectivity index (χ0) is 12.7. The van der Waals surface area contributed by atoms with Crippen molar-refractivity contribution in [1.82, 2.24) is 0 Å². The van der Waals surface area contributed by atoms with Crippen molar-refractivity contribution in [1.29, 1.82) is 0 Å². The summed E-state index contributed by atoms with van der Waals surface area (Å²) in [6.07, 6.45) is -0.666. The first-order chi connectivity index (χ1) is 8.13. The number of rotatable bonds is 6. The molecule has 0 aliphatic rings. The van der Waals surface area contributed by atoms with Crippen molar-refractivity contribution < 1.29 is 14.3 Å². The van der Waals surface area contributed by atoms with Crippen LogP contribution in [0.2, 0.25) is 0 Å². The van der Waals surface area contributed by atoms with Crippen LogP contribution in [0.4, 0.5) is 0 Å². The van der Waals surface area contributed by atoms with E-state index in [2.05, 4.69) is 0 Å². The summed E-state index contributed by atoms with van der Waals surface area (Å²) in [5.41, 5.74) is 1.18. The summed E-state index contributed by atoms with van der Waals surface area (Å²) < 4.78 is 10.3. The third kappa shape index (κ3) is 5.20. The number of hydrogen-bond acceptors (Lipinski definition) is 3. The number of carbonyl (C=O) groups excluding carboxylic acids is 1.